The van der Waals surface area contributed by atoms with E-state index in [1.54, 1.807) is 0 Å². The van der Waals surface area contributed by atoms with Gasteiger partial charge in [0.2, 0.25) is 11.8 Å². The maximum absolute atomic E-state index is 12.6. The Morgan fingerprint density at radius 2 is 1.82 bits per heavy atom. The number of carbonyl (C=O) groups excluding carboxylic acids is 2. The molecular weight excluding hydrogens is 280 g/mol. The van der Waals surface area contributed by atoms with Crippen LogP contribution in [0.25, 0.3) is 0 Å². The quantitative estimate of drug-likeness (QED) is 0.746. The molecule has 2 amide bonds. The summed E-state index contributed by atoms with van der Waals surface area (Å²) in [5, 5.41) is 15.2. The van der Waals surface area contributed by atoms with Crippen LogP contribution in [-0.4, -0.2) is 29.6 Å². The fraction of sp³-hybridized carbons (Fsp3) is 0.529. The molecule has 1 aromatic rings. The smallest absolute Gasteiger partial charge is 0.243 e. The Morgan fingerprint density at radius 1 is 1.18 bits per heavy atom. The molecule has 5 nitrogen and oxygen atoms in total. The van der Waals surface area contributed by atoms with Gasteiger partial charge in [-0.15, -0.1) is 0 Å². The van der Waals surface area contributed by atoms with Crippen LogP contribution in [0.3, 0.4) is 0 Å². The van der Waals surface area contributed by atoms with Crippen molar-refractivity contribution in [1.82, 2.24) is 10.6 Å². The molecular formula is C17H24N2O3. The van der Waals surface area contributed by atoms with Gasteiger partial charge in [-0.3, -0.25) is 9.59 Å². The molecule has 5 heteroatoms. The van der Waals surface area contributed by atoms with Crippen molar-refractivity contribution < 1.29 is 14.7 Å². The molecule has 0 heterocycles. The molecule has 3 N–H and O–H groups in total. The lowest BCUT2D eigenvalue weighted by Crippen LogP contribution is -2.51. The van der Waals surface area contributed by atoms with Crippen LogP contribution in [0.1, 0.15) is 44.2 Å². The van der Waals surface area contributed by atoms with Crippen LogP contribution >= 0.6 is 0 Å². The van der Waals surface area contributed by atoms with Gasteiger partial charge in [-0.2, -0.15) is 0 Å². The lowest BCUT2D eigenvalue weighted by atomic mass is 9.96. The van der Waals surface area contributed by atoms with Gasteiger partial charge in [-0.25, -0.2) is 0 Å². The third-order valence-electron chi connectivity index (χ3n) is 4.21. The Kier molecular flexibility index (Phi) is 5.95. The first-order chi connectivity index (χ1) is 10.6. The van der Waals surface area contributed by atoms with Crippen molar-refractivity contribution in [2.24, 2.45) is 5.92 Å². The second-order valence-electron chi connectivity index (χ2n) is 5.88. The van der Waals surface area contributed by atoms with Gasteiger partial charge in [-0.05, 0) is 24.3 Å². The van der Waals surface area contributed by atoms with Gasteiger partial charge < -0.3 is 15.7 Å². The Hall–Kier alpha value is -1.88. The first-order valence-electron chi connectivity index (χ1n) is 7.85. The standard InChI is InChI=1S/C17H24N2O3/c1-12(21)18-16(14-9-5-6-10-14)17(22)19-15(11-20)13-7-3-2-4-8-13/h2-4,7-8,14-16,20H,5-6,9-11H2,1H3,(H,18,21)(H,19,22)/t15-,16?/m1/s1. The highest BCUT2D eigenvalue weighted by Crippen LogP contribution is 2.28. The number of hydrogen-bond donors (Lipinski definition) is 3. The highest BCUT2D eigenvalue weighted by atomic mass is 16.3. The lowest BCUT2D eigenvalue weighted by Gasteiger charge is -2.26. The van der Waals surface area contributed by atoms with E-state index in [0.29, 0.717) is 0 Å². The van der Waals surface area contributed by atoms with E-state index in [0.717, 1.165) is 31.2 Å². The number of hydrogen-bond acceptors (Lipinski definition) is 3. The average Bonchev–Trinajstić information content (AvgIpc) is 3.04. The van der Waals surface area contributed by atoms with E-state index in [-0.39, 0.29) is 24.3 Å². The summed E-state index contributed by atoms with van der Waals surface area (Å²) < 4.78 is 0. The molecule has 1 fully saturated rings. The summed E-state index contributed by atoms with van der Waals surface area (Å²) in [5.41, 5.74) is 0.853. The molecule has 1 aromatic carbocycles. The first kappa shape index (κ1) is 16.5. The summed E-state index contributed by atoms with van der Waals surface area (Å²) in [6, 6.07) is 8.38. The lowest BCUT2D eigenvalue weighted by molar-refractivity contribution is -0.130. The van der Waals surface area contributed by atoms with Crippen molar-refractivity contribution >= 4 is 11.8 Å². The molecule has 0 aromatic heterocycles. The van der Waals surface area contributed by atoms with E-state index in [2.05, 4.69) is 10.6 Å². The van der Waals surface area contributed by atoms with Crippen LogP contribution in [0, 0.1) is 5.92 Å². The van der Waals surface area contributed by atoms with Crippen LogP contribution in [0.5, 0.6) is 0 Å². The number of rotatable bonds is 6. The van der Waals surface area contributed by atoms with Gasteiger partial charge in [0, 0.05) is 6.92 Å². The van der Waals surface area contributed by atoms with Crippen molar-refractivity contribution in [2.75, 3.05) is 6.61 Å². The van der Waals surface area contributed by atoms with E-state index in [1.807, 2.05) is 30.3 Å². The molecule has 0 spiro atoms. The monoisotopic (exact) mass is 304 g/mol. The molecule has 22 heavy (non-hydrogen) atoms. The zero-order valence-electron chi connectivity index (χ0n) is 12.9. The number of amides is 2. The van der Waals surface area contributed by atoms with Crippen molar-refractivity contribution in [3.63, 3.8) is 0 Å². The Balaban J connectivity index is 2.07. The predicted octanol–water partition coefficient (Wildman–Crippen LogP) is 1.53. The largest absolute Gasteiger partial charge is 0.394 e. The third kappa shape index (κ3) is 4.31. The summed E-state index contributed by atoms with van der Waals surface area (Å²) in [5.74, 6) is -0.240. The van der Waals surface area contributed by atoms with E-state index in [1.165, 1.54) is 6.92 Å². The van der Waals surface area contributed by atoms with Gasteiger partial charge in [0.1, 0.15) is 6.04 Å². The van der Waals surface area contributed by atoms with Crippen LogP contribution in [0.2, 0.25) is 0 Å². The van der Waals surface area contributed by atoms with E-state index < -0.39 is 12.1 Å². The minimum atomic E-state index is -0.516. The van der Waals surface area contributed by atoms with Gasteiger partial charge in [0.25, 0.3) is 0 Å². The second-order valence-corrected chi connectivity index (χ2v) is 5.88. The highest BCUT2D eigenvalue weighted by molar-refractivity contribution is 5.87. The minimum Gasteiger partial charge on any atom is -0.394 e. The first-order valence-corrected chi connectivity index (χ1v) is 7.85. The summed E-state index contributed by atoms with van der Waals surface area (Å²) >= 11 is 0. The number of aliphatic hydroxyl groups is 1. The molecule has 1 aliphatic rings. The summed E-state index contributed by atoms with van der Waals surface area (Å²) in [7, 11) is 0. The van der Waals surface area contributed by atoms with Crippen molar-refractivity contribution in [3.05, 3.63) is 35.9 Å². The molecule has 1 unspecified atom stereocenters. The fourth-order valence-electron chi connectivity index (χ4n) is 3.09. The molecule has 120 valence electrons. The van der Waals surface area contributed by atoms with Crippen LogP contribution in [-0.2, 0) is 9.59 Å². The zero-order valence-corrected chi connectivity index (χ0v) is 12.9. The predicted molar refractivity (Wildman–Crippen MR) is 84.0 cm³/mol. The number of nitrogens with one attached hydrogen (secondary N) is 2. The van der Waals surface area contributed by atoms with Gasteiger partial charge in [0.15, 0.2) is 0 Å². The summed E-state index contributed by atoms with van der Waals surface area (Å²) in [4.78, 5) is 24.0. The summed E-state index contributed by atoms with van der Waals surface area (Å²) in [6.07, 6.45) is 4.09. The van der Waals surface area contributed by atoms with E-state index in [9.17, 15) is 14.7 Å². The average molecular weight is 304 g/mol. The molecule has 1 saturated carbocycles. The Bertz CT molecular complexity index is 498. The van der Waals surface area contributed by atoms with Crippen LogP contribution in [0.4, 0.5) is 0 Å². The normalized spacial score (nSPS) is 17.7. The third-order valence-corrected chi connectivity index (χ3v) is 4.21. The molecule has 0 aliphatic heterocycles. The Morgan fingerprint density at radius 3 is 2.36 bits per heavy atom. The molecule has 0 saturated heterocycles. The van der Waals surface area contributed by atoms with Gasteiger partial charge in [-0.1, -0.05) is 43.2 Å². The molecule has 0 bridgehead atoms. The Labute approximate surface area is 131 Å². The highest BCUT2D eigenvalue weighted by Gasteiger charge is 2.32. The maximum Gasteiger partial charge on any atom is 0.243 e. The van der Waals surface area contributed by atoms with Crippen molar-refractivity contribution in [3.8, 4) is 0 Å². The maximum atomic E-state index is 12.6. The molecule has 2 rings (SSSR count). The molecule has 2 atom stereocenters. The van der Waals surface area contributed by atoms with Crippen molar-refractivity contribution in [2.45, 2.75) is 44.7 Å². The number of carbonyl (C=O) groups is 2. The van der Waals surface area contributed by atoms with Gasteiger partial charge in [0.05, 0.1) is 12.6 Å². The van der Waals surface area contributed by atoms with E-state index in [4.69, 9.17) is 0 Å². The zero-order chi connectivity index (χ0) is 15.9. The van der Waals surface area contributed by atoms with Gasteiger partial charge >= 0.3 is 0 Å². The SMILES string of the molecule is CC(=O)NC(C(=O)N[C@H](CO)c1ccccc1)C1CCCC1. The minimum absolute atomic E-state index is 0.173. The molecule has 0 radical (unpaired) electrons. The molecule has 1 aliphatic carbocycles. The number of benzene rings is 1. The fourth-order valence-corrected chi connectivity index (χ4v) is 3.09. The van der Waals surface area contributed by atoms with Crippen LogP contribution in [0.15, 0.2) is 30.3 Å². The summed E-state index contributed by atoms with van der Waals surface area (Å²) in [6.45, 7) is 1.25. The second kappa shape index (κ2) is 7.94. The number of aliphatic hydroxyl groups excluding tert-OH is 1. The topological polar surface area (TPSA) is 78.4 Å². The van der Waals surface area contributed by atoms with Crippen molar-refractivity contribution in [1.29, 1.82) is 0 Å². The van der Waals surface area contributed by atoms with Crippen LogP contribution < -0.4 is 10.6 Å². The van der Waals surface area contributed by atoms with E-state index >= 15 is 0 Å².